The highest BCUT2D eigenvalue weighted by Gasteiger charge is 2.05. The summed E-state index contributed by atoms with van der Waals surface area (Å²) in [5.41, 5.74) is 0.592. The molecular formula is C15H12ClNO3S. The lowest BCUT2D eigenvalue weighted by molar-refractivity contribution is -0.142. The maximum Gasteiger partial charge on any atom is 0.331 e. The highest BCUT2D eigenvalue weighted by atomic mass is 35.5. The van der Waals surface area contributed by atoms with Gasteiger partial charge in [0.15, 0.2) is 6.61 Å². The van der Waals surface area contributed by atoms with Crippen molar-refractivity contribution >= 4 is 46.6 Å². The summed E-state index contributed by atoms with van der Waals surface area (Å²) in [6, 6.07) is 10.4. The van der Waals surface area contributed by atoms with Crippen molar-refractivity contribution in [3.05, 3.63) is 57.8 Å². The molecule has 0 saturated heterocycles. The highest BCUT2D eigenvalue weighted by molar-refractivity contribution is 7.10. The number of rotatable bonds is 5. The molecule has 0 radical (unpaired) electrons. The number of carbonyl (C=O) groups is 2. The van der Waals surface area contributed by atoms with Crippen LogP contribution in [0.3, 0.4) is 0 Å². The Bertz CT molecular complexity index is 635. The fourth-order valence-electron chi connectivity index (χ4n) is 1.45. The molecule has 0 saturated carbocycles. The van der Waals surface area contributed by atoms with Crippen LogP contribution < -0.4 is 5.32 Å². The molecule has 1 N–H and O–H groups in total. The third-order valence-corrected chi connectivity index (χ3v) is 3.49. The molecular weight excluding hydrogens is 310 g/mol. The number of thiophene rings is 1. The lowest BCUT2D eigenvalue weighted by Crippen LogP contribution is -2.20. The number of benzene rings is 1. The quantitative estimate of drug-likeness (QED) is 0.676. The molecule has 0 bridgehead atoms. The van der Waals surface area contributed by atoms with Crippen molar-refractivity contribution in [2.75, 3.05) is 11.9 Å². The smallest absolute Gasteiger partial charge is 0.331 e. The van der Waals surface area contributed by atoms with Gasteiger partial charge in [-0.2, -0.15) is 0 Å². The van der Waals surface area contributed by atoms with E-state index in [1.165, 1.54) is 17.4 Å². The Morgan fingerprint density at radius 3 is 2.67 bits per heavy atom. The van der Waals surface area contributed by atoms with Gasteiger partial charge < -0.3 is 10.1 Å². The van der Waals surface area contributed by atoms with E-state index in [-0.39, 0.29) is 6.61 Å². The molecule has 1 aromatic heterocycles. The second-order valence-electron chi connectivity index (χ2n) is 4.01. The molecule has 1 heterocycles. The predicted octanol–water partition coefficient (Wildman–Crippen LogP) is 3.60. The van der Waals surface area contributed by atoms with Gasteiger partial charge in [0.2, 0.25) is 0 Å². The van der Waals surface area contributed by atoms with Crippen LogP contribution in [0, 0.1) is 0 Å². The molecule has 6 heteroatoms. The molecule has 1 amide bonds. The number of anilines is 1. The van der Waals surface area contributed by atoms with E-state index in [1.807, 2.05) is 17.5 Å². The van der Waals surface area contributed by atoms with E-state index in [4.69, 9.17) is 16.3 Å². The molecule has 0 unspecified atom stereocenters. The Morgan fingerprint density at radius 1 is 1.24 bits per heavy atom. The molecule has 0 spiro atoms. The number of halogens is 1. The first kappa shape index (κ1) is 15.3. The van der Waals surface area contributed by atoms with Crippen LogP contribution in [0.25, 0.3) is 6.08 Å². The Labute approximate surface area is 131 Å². The standard InChI is InChI=1S/C15H12ClNO3S/c16-11-3-5-12(6-4-11)17-14(18)10-20-15(19)8-7-13-2-1-9-21-13/h1-9H,10H2,(H,17,18)/b8-7+. The van der Waals surface area contributed by atoms with Crippen molar-refractivity contribution in [2.24, 2.45) is 0 Å². The minimum Gasteiger partial charge on any atom is -0.452 e. The van der Waals surface area contributed by atoms with Crippen molar-refractivity contribution in [1.82, 2.24) is 0 Å². The van der Waals surface area contributed by atoms with Gasteiger partial charge in [-0.15, -0.1) is 11.3 Å². The number of ether oxygens (including phenoxy) is 1. The second kappa shape index (κ2) is 7.61. The summed E-state index contributed by atoms with van der Waals surface area (Å²) in [6.45, 7) is -0.337. The normalized spacial score (nSPS) is 10.5. The maximum absolute atomic E-state index is 11.6. The summed E-state index contributed by atoms with van der Waals surface area (Å²) < 4.78 is 4.84. The summed E-state index contributed by atoms with van der Waals surface area (Å²) in [5, 5.41) is 5.09. The minimum atomic E-state index is -0.561. The zero-order valence-electron chi connectivity index (χ0n) is 10.9. The van der Waals surface area contributed by atoms with Crippen molar-refractivity contribution < 1.29 is 14.3 Å². The van der Waals surface area contributed by atoms with Crippen molar-refractivity contribution in [3.8, 4) is 0 Å². The Hall–Kier alpha value is -2.11. The van der Waals surface area contributed by atoms with Gasteiger partial charge >= 0.3 is 5.97 Å². The third-order valence-electron chi connectivity index (χ3n) is 2.40. The first-order chi connectivity index (χ1) is 10.1. The molecule has 0 atom stereocenters. The third kappa shape index (κ3) is 5.41. The van der Waals surface area contributed by atoms with Crippen LogP contribution in [0.15, 0.2) is 47.9 Å². The van der Waals surface area contributed by atoms with E-state index in [0.717, 1.165) is 4.88 Å². The molecule has 0 aliphatic heterocycles. The monoisotopic (exact) mass is 321 g/mol. The maximum atomic E-state index is 11.6. The number of amides is 1. The van der Waals surface area contributed by atoms with E-state index in [2.05, 4.69) is 5.32 Å². The summed E-state index contributed by atoms with van der Waals surface area (Å²) >= 11 is 7.25. The van der Waals surface area contributed by atoms with Gasteiger partial charge in [0.05, 0.1) is 0 Å². The zero-order valence-corrected chi connectivity index (χ0v) is 12.5. The molecule has 0 fully saturated rings. The summed E-state index contributed by atoms with van der Waals surface area (Å²) in [6.07, 6.45) is 2.94. The summed E-state index contributed by atoms with van der Waals surface area (Å²) in [5.74, 6) is -0.968. The molecule has 0 aliphatic carbocycles. The SMILES string of the molecule is O=C(COC(=O)/C=C/c1cccs1)Nc1ccc(Cl)cc1. The fraction of sp³-hybridized carbons (Fsp3) is 0.0667. The Morgan fingerprint density at radius 2 is 2.00 bits per heavy atom. The topological polar surface area (TPSA) is 55.4 Å². The van der Waals surface area contributed by atoms with Gasteiger partial charge in [0, 0.05) is 21.7 Å². The summed E-state index contributed by atoms with van der Waals surface area (Å²) in [4.78, 5) is 24.0. The van der Waals surface area contributed by atoms with Gasteiger partial charge in [-0.3, -0.25) is 4.79 Å². The van der Waals surface area contributed by atoms with Crippen LogP contribution >= 0.6 is 22.9 Å². The average molecular weight is 322 g/mol. The van der Waals surface area contributed by atoms with Gasteiger partial charge in [0.25, 0.3) is 5.91 Å². The van der Waals surface area contributed by atoms with E-state index in [9.17, 15) is 9.59 Å². The van der Waals surface area contributed by atoms with Gasteiger partial charge in [-0.05, 0) is 41.8 Å². The number of carbonyl (C=O) groups excluding carboxylic acids is 2. The van der Waals surface area contributed by atoms with Crippen LogP contribution in [-0.2, 0) is 14.3 Å². The lowest BCUT2D eigenvalue weighted by Gasteiger charge is -2.05. The number of hydrogen-bond donors (Lipinski definition) is 1. The van der Waals surface area contributed by atoms with Crippen molar-refractivity contribution in [2.45, 2.75) is 0 Å². The predicted molar refractivity (Wildman–Crippen MR) is 84.4 cm³/mol. The number of nitrogens with one attached hydrogen (secondary N) is 1. The van der Waals surface area contributed by atoms with Crippen LogP contribution in [-0.4, -0.2) is 18.5 Å². The van der Waals surface area contributed by atoms with Crippen molar-refractivity contribution in [1.29, 1.82) is 0 Å². The molecule has 108 valence electrons. The molecule has 0 aliphatic rings. The molecule has 21 heavy (non-hydrogen) atoms. The van der Waals surface area contributed by atoms with E-state index in [1.54, 1.807) is 30.3 Å². The molecule has 2 aromatic rings. The van der Waals surface area contributed by atoms with E-state index < -0.39 is 11.9 Å². The van der Waals surface area contributed by atoms with Gasteiger partial charge in [-0.25, -0.2) is 4.79 Å². The second-order valence-corrected chi connectivity index (χ2v) is 5.43. The average Bonchev–Trinajstić information content (AvgIpc) is 2.99. The zero-order chi connectivity index (χ0) is 15.1. The minimum absolute atomic E-state index is 0.337. The Kier molecular flexibility index (Phi) is 5.54. The first-order valence-electron chi connectivity index (χ1n) is 6.07. The molecule has 1 aromatic carbocycles. The largest absolute Gasteiger partial charge is 0.452 e. The van der Waals surface area contributed by atoms with Crippen molar-refractivity contribution in [3.63, 3.8) is 0 Å². The van der Waals surface area contributed by atoms with Crippen LogP contribution in [0.4, 0.5) is 5.69 Å². The Balaban J connectivity index is 1.75. The van der Waals surface area contributed by atoms with Crippen LogP contribution in [0.2, 0.25) is 5.02 Å². The first-order valence-corrected chi connectivity index (χ1v) is 7.33. The van der Waals surface area contributed by atoms with E-state index in [0.29, 0.717) is 10.7 Å². The summed E-state index contributed by atoms with van der Waals surface area (Å²) in [7, 11) is 0. The highest BCUT2D eigenvalue weighted by Crippen LogP contribution is 2.13. The van der Waals surface area contributed by atoms with Gasteiger partial charge in [0.1, 0.15) is 0 Å². The van der Waals surface area contributed by atoms with E-state index >= 15 is 0 Å². The molecule has 4 nitrogen and oxygen atoms in total. The fourth-order valence-corrected chi connectivity index (χ4v) is 2.20. The number of hydrogen-bond acceptors (Lipinski definition) is 4. The van der Waals surface area contributed by atoms with Gasteiger partial charge in [-0.1, -0.05) is 17.7 Å². The van der Waals surface area contributed by atoms with Crippen LogP contribution in [0.1, 0.15) is 4.88 Å². The molecule has 2 rings (SSSR count). The van der Waals surface area contributed by atoms with Crippen LogP contribution in [0.5, 0.6) is 0 Å². The number of esters is 1. The lowest BCUT2D eigenvalue weighted by atomic mass is 10.3.